The highest BCUT2D eigenvalue weighted by atomic mass is 19.4. The maximum absolute atomic E-state index is 12.7. The van der Waals surface area contributed by atoms with Gasteiger partial charge in [0.2, 0.25) is 0 Å². The smallest absolute Gasteiger partial charge is 0.298 e. The van der Waals surface area contributed by atoms with Crippen LogP contribution in [0.4, 0.5) is 13.2 Å². The summed E-state index contributed by atoms with van der Waals surface area (Å²) in [6.07, 6.45) is -0.472. The fourth-order valence-electron chi connectivity index (χ4n) is 3.47. The number of halogens is 3. The molecule has 1 aromatic carbocycles. The standard InChI is InChI=1S/C16H21F3N2/c17-16(18,19)14-5-3-4-13(10-14)11-20-8-9-21-7-2-1-6-15(21)12-20/h3-5,10,15H,1-2,6-9,11-12H2. The fraction of sp³-hybridized carbons (Fsp3) is 0.625. The second-order valence-electron chi connectivity index (χ2n) is 6.12. The number of piperazine rings is 1. The van der Waals surface area contributed by atoms with Crippen LogP contribution in [0.5, 0.6) is 0 Å². The monoisotopic (exact) mass is 298 g/mol. The van der Waals surface area contributed by atoms with Crippen molar-refractivity contribution in [3.8, 4) is 0 Å². The number of piperidine rings is 1. The first-order chi connectivity index (χ1) is 10.0. The van der Waals surface area contributed by atoms with E-state index in [0.29, 0.717) is 12.6 Å². The molecule has 2 heterocycles. The van der Waals surface area contributed by atoms with E-state index in [9.17, 15) is 13.2 Å². The summed E-state index contributed by atoms with van der Waals surface area (Å²) >= 11 is 0. The minimum Gasteiger partial charge on any atom is -0.298 e. The number of benzene rings is 1. The van der Waals surface area contributed by atoms with Crippen LogP contribution in [0.25, 0.3) is 0 Å². The maximum Gasteiger partial charge on any atom is 0.416 e. The Morgan fingerprint density at radius 2 is 1.95 bits per heavy atom. The van der Waals surface area contributed by atoms with E-state index in [1.807, 2.05) is 0 Å². The minimum absolute atomic E-state index is 0.545. The zero-order valence-corrected chi connectivity index (χ0v) is 12.1. The number of hydrogen-bond acceptors (Lipinski definition) is 2. The number of fused-ring (bicyclic) bond motifs is 1. The van der Waals surface area contributed by atoms with E-state index in [4.69, 9.17) is 0 Å². The van der Waals surface area contributed by atoms with Crippen LogP contribution in [0, 0.1) is 0 Å². The average molecular weight is 298 g/mol. The lowest BCUT2D eigenvalue weighted by Crippen LogP contribution is -2.54. The quantitative estimate of drug-likeness (QED) is 0.826. The van der Waals surface area contributed by atoms with Gasteiger partial charge in [-0.2, -0.15) is 13.2 Å². The summed E-state index contributed by atoms with van der Waals surface area (Å²) in [6, 6.07) is 6.33. The normalized spacial score (nSPS) is 24.8. The molecule has 21 heavy (non-hydrogen) atoms. The molecule has 0 aliphatic carbocycles. The summed E-state index contributed by atoms with van der Waals surface area (Å²) in [7, 11) is 0. The lowest BCUT2D eigenvalue weighted by atomic mass is 9.99. The van der Waals surface area contributed by atoms with Crippen molar-refractivity contribution >= 4 is 0 Å². The largest absolute Gasteiger partial charge is 0.416 e. The zero-order valence-electron chi connectivity index (χ0n) is 12.1. The molecule has 116 valence electrons. The Kier molecular flexibility index (Phi) is 4.22. The molecule has 0 saturated carbocycles. The van der Waals surface area contributed by atoms with Crippen LogP contribution in [0.1, 0.15) is 30.4 Å². The van der Waals surface area contributed by atoms with Crippen molar-refractivity contribution in [2.24, 2.45) is 0 Å². The van der Waals surface area contributed by atoms with Crippen molar-refractivity contribution in [2.75, 3.05) is 26.2 Å². The molecule has 2 aliphatic rings. The van der Waals surface area contributed by atoms with Crippen LogP contribution in [0.3, 0.4) is 0 Å². The van der Waals surface area contributed by atoms with Crippen LogP contribution in [-0.2, 0) is 12.7 Å². The number of hydrogen-bond donors (Lipinski definition) is 0. The molecule has 2 saturated heterocycles. The number of alkyl halides is 3. The third kappa shape index (κ3) is 3.58. The molecule has 1 atom stereocenters. The van der Waals surface area contributed by atoms with E-state index in [1.165, 1.54) is 37.9 Å². The highest BCUT2D eigenvalue weighted by Gasteiger charge is 2.31. The summed E-state index contributed by atoms with van der Waals surface area (Å²) in [5.74, 6) is 0. The molecule has 1 aromatic rings. The van der Waals surface area contributed by atoms with E-state index >= 15 is 0 Å². The Hall–Kier alpha value is -1.07. The third-order valence-corrected chi connectivity index (χ3v) is 4.58. The molecule has 0 bridgehead atoms. The summed E-state index contributed by atoms with van der Waals surface area (Å²) < 4.78 is 38.2. The van der Waals surface area contributed by atoms with Crippen LogP contribution >= 0.6 is 0 Å². The predicted molar refractivity (Wildman–Crippen MR) is 75.9 cm³/mol. The van der Waals surface area contributed by atoms with E-state index < -0.39 is 11.7 Å². The zero-order chi connectivity index (χ0) is 14.9. The van der Waals surface area contributed by atoms with Crippen molar-refractivity contribution < 1.29 is 13.2 Å². The van der Waals surface area contributed by atoms with Crippen molar-refractivity contribution in [3.05, 3.63) is 35.4 Å². The first-order valence-electron chi connectivity index (χ1n) is 7.65. The van der Waals surface area contributed by atoms with Crippen molar-refractivity contribution in [2.45, 2.75) is 38.0 Å². The van der Waals surface area contributed by atoms with Gasteiger partial charge in [0.1, 0.15) is 0 Å². The molecule has 5 heteroatoms. The van der Waals surface area contributed by atoms with Crippen LogP contribution < -0.4 is 0 Å². The Bertz CT molecular complexity index is 487. The predicted octanol–water partition coefficient (Wildman–Crippen LogP) is 3.38. The van der Waals surface area contributed by atoms with Gasteiger partial charge in [-0.1, -0.05) is 24.6 Å². The van der Waals surface area contributed by atoms with Crippen molar-refractivity contribution in [3.63, 3.8) is 0 Å². The van der Waals surface area contributed by atoms with Crippen molar-refractivity contribution in [1.29, 1.82) is 0 Å². The third-order valence-electron chi connectivity index (χ3n) is 4.58. The SMILES string of the molecule is FC(F)(F)c1cccc(CN2CCN3CCCCC3C2)c1. The first kappa shape index (κ1) is 14.9. The van der Waals surface area contributed by atoms with Crippen molar-refractivity contribution in [1.82, 2.24) is 9.80 Å². The van der Waals surface area contributed by atoms with Crippen LogP contribution in [-0.4, -0.2) is 42.0 Å². The number of nitrogens with zero attached hydrogens (tertiary/aromatic N) is 2. The van der Waals surface area contributed by atoms with Gasteiger partial charge in [-0.3, -0.25) is 9.80 Å². The van der Waals surface area contributed by atoms with Gasteiger partial charge in [0.05, 0.1) is 5.56 Å². The first-order valence-corrected chi connectivity index (χ1v) is 7.65. The van der Waals surface area contributed by atoms with Crippen LogP contribution in [0.15, 0.2) is 24.3 Å². The average Bonchev–Trinajstić information content (AvgIpc) is 2.46. The Morgan fingerprint density at radius 1 is 1.10 bits per heavy atom. The molecule has 0 spiro atoms. The highest BCUT2D eigenvalue weighted by molar-refractivity contribution is 5.25. The fourth-order valence-corrected chi connectivity index (χ4v) is 3.47. The maximum atomic E-state index is 12.7. The second-order valence-corrected chi connectivity index (χ2v) is 6.12. The molecule has 0 radical (unpaired) electrons. The topological polar surface area (TPSA) is 6.48 Å². The van der Waals surface area contributed by atoms with E-state index in [2.05, 4.69) is 9.80 Å². The van der Waals surface area contributed by atoms with Gasteiger partial charge in [-0.05, 0) is 31.0 Å². The van der Waals surface area contributed by atoms with Gasteiger partial charge in [0.25, 0.3) is 0 Å². The molecule has 2 aliphatic heterocycles. The van der Waals surface area contributed by atoms with Gasteiger partial charge >= 0.3 is 6.18 Å². The van der Waals surface area contributed by atoms with Gasteiger partial charge in [-0.15, -0.1) is 0 Å². The summed E-state index contributed by atoms with van der Waals surface area (Å²) in [5, 5.41) is 0. The molecular formula is C16H21F3N2. The Morgan fingerprint density at radius 3 is 2.76 bits per heavy atom. The summed E-state index contributed by atoms with van der Waals surface area (Å²) in [4.78, 5) is 4.83. The molecule has 3 rings (SSSR count). The molecule has 0 amide bonds. The van der Waals surface area contributed by atoms with Gasteiger partial charge in [0.15, 0.2) is 0 Å². The van der Waals surface area contributed by atoms with Gasteiger partial charge in [0, 0.05) is 32.2 Å². The lowest BCUT2D eigenvalue weighted by molar-refractivity contribution is -0.137. The Labute approximate surface area is 123 Å². The molecule has 2 nitrogen and oxygen atoms in total. The summed E-state index contributed by atoms with van der Waals surface area (Å²) in [5.41, 5.74) is 0.213. The highest BCUT2D eigenvalue weighted by Crippen LogP contribution is 2.30. The van der Waals surface area contributed by atoms with E-state index in [1.54, 1.807) is 6.07 Å². The molecule has 0 N–H and O–H groups in total. The van der Waals surface area contributed by atoms with E-state index in [0.717, 1.165) is 31.3 Å². The summed E-state index contributed by atoms with van der Waals surface area (Å²) in [6.45, 7) is 4.78. The molecule has 1 unspecified atom stereocenters. The molecular weight excluding hydrogens is 277 g/mol. The van der Waals surface area contributed by atoms with Gasteiger partial charge in [-0.25, -0.2) is 0 Å². The van der Waals surface area contributed by atoms with Gasteiger partial charge < -0.3 is 0 Å². The minimum atomic E-state index is -4.25. The second kappa shape index (κ2) is 5.97. The lowest BCUT2D eigenvalue weighted by Gasteiger charge is -2.44. The van der Waals surface area contributed by atoms with Crippen LogP contribution in [0.2, 0.25) is 0 Å². The number of rotatable bonds is 2. The molecule has 0 aromatic heterocycles. The van der Waals surface area contributed by atoms with E-state index in [-0.39, 0.29) is 0 Å². The Balaban J connectivity index is 1.64. The molecule has 2 fully saturated rings.